The van der Waals surface area contributed by atoms with E-state index in [1.54, 1.807) is 6.92 Å². The minimum Gasteiger partial charge on any atom is -0.335 e. The number of amides is 3. The molecule has 0 unspecified atom stereocenters. The Morgan fingerprint density at radius 2 is 1.83 bits per heavy atom. The van der Waals surface area contributed by atoms with Crippen LogP contribution >= 0.6 is 0 Å². The second-order valence-corrected chi connectivity index (χ2v) is 3.83. The number of carbonyl (C=O) groups excluding carboxylic acids is 2. The van der Waals surface area contributed by atoms with Gasteiger partial charge in [0.05, 0.1) is 0 Å². The van der Waals surface area contributed by atoms with Crippen molar-refractivity contribution in [2.24, 2.45) is 0 Å². The molecule has 3 amide bonds. The Balaban J connectivity index is 2.74. The van der Waals surface area contributed by atoms with Crippen LogP contribution in [0.25, 0.3) is 0 Å². The van der Waals surface area contributed by atoms with E-state index in [1.165, 1.54) is 0 Å². The van der Waals surface area contributed by atoms with Gasteiger partial charge in [-0.1, -0.05) is 13.0 Å². The Morgan fingerprint density at radius 3 is 2.33 bits per heavy atom. The average Bonchev–Trinajstić information content (AvgIpc) is 2.28. The minimum absolute atomic E-state index is 0.136. The molecule has 0 saturated carbocycles. The molecule has 0 aliphatic rings. The summed E-state index contributed by atoms with van der Waals surface area (Å²) in [5.41, 5.74) is -0.767. The molecule has 1 aromatic carbocycles. The van der Waals surface area contributed by atoms with Crippen LogP contribution in [0.3, 0.4) is 0 Å². The Labute approximate surface area is 103 Å². The van der Waals surface area contributed by atoms with Crippen molar-refractivity contribution in [2.75, 3.05) is 0 Å². The zero-order valence-corrected chi connectivity index (χ0v) is 10.1. The van der Waals surface area contributed by atoms with Crippen LogP contribution in [-0.4, -0.2) is 18.0 Å². The molecule has 1 aromatic rings. The molecule has 98 valence electrons. The lowest BCUT2D eigenvalue weighted by Crippen LogP contribution is -2.43. The quantitative estimate of drug-likeness (QED) is 0.871. The number of imide groups is 1. The van der Waals surface area contributed by atoms with Crippen LogP contribution in [0, 0.1) is 11.6 Å². The third-order valence-corrected chi connectivity index (χ3v) is 2.41. The molecule has 0 spiro atoms. The van der Waals surface area contributed by atoms with Gasteiger partial charge in [-0.15, -0.1) is 0 Å². The molecule has 0 aliphatic carbocycles. The van der Waals surface area contributed by atoms with E-state index in [4.69, 9.17) is 0 Å². The molecule has 0 aliphatic heterocycles. The summed E-state index contributed by atoms with van der Waals surface area (Å²) >= 11 is 0. The molecule has 0 heterocycles. The molecule has 0 bridgehead atoms. The van der Waals surface area contributed by atoms with Crippen LogP contribution in [-0.2, 0) is 0 Å². The Morgan fingerprint density at radius 1 is 1.28 bits per heavy atom. The van der Waals surface area contributed by atoms with Crippen molar-refractivity contribution in [1.82, 2.24) is 10.6 Å². The average molecular weight is 256 g/mol. The number of halogens is 2. The normalized spacial score (nSPS) is 11.8. The van der Waals surface area contributed by atoms with Crippen molar-refractivity contribution in [3.05, 3.63) is 35.4 Å². The SMILES string of the molecule is CC[C@H](C)NC(=O)NC(=O)c1c(F)cccc1F. The zero-order chi connectivity index (χ0) is 13.7. The molecule has 0 radical (unpaired) electrons. The highest BCUT2D eigenvalue weighted by molar-refractivity contribution is 6.04. The van der Waals surface area contributed by atoms with Gasteiger partial charge in [-0.25, -0.2) is 13.6 Å². The van der Waals surface area contributed by atoms with Crippen molar-refractivity contribution in [3.63, 3.8) is 0 Å². The lowest BCUT2D eigenvalue weighted by atomic mass is 10.2. The molecular weight excluding hydrogens is 242 g/mol. The molecule has 18 heavy (non-hydrogen) atoms. The smallest absolute Gasteiger partial charge is 0.321 e. The van der Waals surface area contributed by atoms with Gasteiger partial charge >= 0.3 is 6.03 Å². The molecule has 2 N–H and O–H groups in total. The summed E-state index contributed by atoms with van der Waals surface area (Å²) in [7, 11) is 0. The van der Waals surface area contributed by atoms with Crippen LogP contribution in [0.4, 0.5) is 13.6 Å². The number of urea groups is 1. The highest BCUT2D eigenvalue weighted by Gasteiger charge is 2.19. The number of rotatable bonds is 3. The van der Waals surface area contributed by atoms with E-state index in [1.807, 2.05) is 12.2 Å². The van der Waals surface area contributed by atoms with Crippen molar-refractivity contribution >= 4 is 11.9 Å². The largest absolute Gasteiger partial charge is 0.335 e. The summed E-state index contributed by atoms with van der Waals surface area (Å²) in [6.07, 6.45) is 0.676. The number of benzene rings is 1. The summed E-state index contributed by atoms with van der Waals surface area (Å²) in [6, 6.07) is 2.12. The van der Waals surface area contributed by atoms with E-state index in [0.717, 1.165) is 18.2 Å². The maximum absolute atomic E-state index is 13.2. The van der Waals surface area contributed by atoms with Crippen LogP contribution in [0.1, 0.15) is 30.6 Å². The second-order valence-electron chi connectivity index (χ2n) is 3.83. The monoisotopic (exact) mass is 256 g/mol. The molecular formula is C12H14F2N2O2. The first-order valence-electron chi connectivity index (χ1n) is 5.51. The summed E-state index contributed by atoms with van der Waals surface area (Å²) in [5, 5.41) is 4.33. The van der Waals surface area contributed by atoms with E-state index in [2.05, 4.69) is 5.32 Å². The fourth-order valence-corrected chi connectivity index (χ4v) is 1.24. The van der Waals surface area contributed by atoms with Crippen LogP contribution in [0.5, 0.6) is 0 Å². The van der Waals surface area contributed by atoms with Crippen molar-refractivity contribution in [2.45, 2.75) is 26.3 Å². The Kier molecular flexibility index (Phi) is 4.76. The third-order valence-electron chi connectivity index (χ3n) is 2.41. The molecule has 0 aromatic heterocycles. The van der Waals surface area contributed by atoms with Gasteiger partial charge in [0, 0.05) is 6.04 Å². The maximum atomic E-state index is 13.2. The third kappa shape index (κ3) is 3.51. The zero-order valence-electron chi connectivity index (χ0n) is 10.1. The minimum atomic E-state index is -1.11. The van der Waals surface area contributed by atoms with Crippen LogP contribution < -0.4 is 10.6 Å². The molecule has 0 saturated heterocycles. The maximum Gasteiger partial charge on any atom is 0.321 e. The fraction of sp³-hybridized carbons (Fsp3) is 0.333. The van der Waals surface area contributed by atoms with Gasteiger partial charge in [-0.3, -0.25) is 10.1 Å². The van der Waals surface area contributed by atoms with Gasteiger partial charge in [-0.05, 0) is 25.5 Å². The first-order chi connectivity index (χ1) is 8.45. The van der Waals surface area contributed by atoms with Gasteiger partial charge in [-0.2, -0.15) is 0 Å². The van der Waals surface area contributed by atoms with Crippen molar-refractivity contribution < 1.29 is 18.4 Å². The summed E-state index contributed by atoms with van der Waals surface area (Å²) in [4.78, 5) is 22.8. The molecule has 1 atom stereocenters. The molecule has 6 heteroatoms. The van der Waals surface area contributed by atoms with Crippen molar-refractivity contribution in [3.8, 4) is 0 Å². The number of nitrogens with one attached hydrogen (secondary N) is 2. The fourth-order valence-electron chi connectivity index (χ4n) is 1.24. The molecule has 0 fully saturated rings. The summed E-state index contributed by atoms with van der Waals surface area (Å²) in [5.74, 6) is -3.13. The van der Waals surface area contributed by atoms with E-state index in [0.29, 0.717) is 6.42 Å². The highest BCUT2D eigenvalue weighted by Crippen LogP contribution is 2.11. The topological polar surface area (TPSA) is 58.2 Å². The number of hydrogen-bond acceptors (Lipinski definition) is 2. The Bertz CT molecular complexity index is 443. The van der Waals surface area contributed by atoms with E-state index >= 15 is 0 Å². The van der Waals surface area contributed by atoms with Gasteiger partial charge < -0.3 is 5.32 Å². The van der Waals surface area contributed by atoms with Crippen molar-refractivity contribution in [1.29, 1.82) is 0 Å². The molecule has 1 rings (SSSR count). The first kappa shape index (κ1) is 14.1. The Hall–Kier alpha value is -1.98. The van der Waals surface area contributed by atoms with Crippen LogP contribution in [0.2, 0.25) is 0 Å². The number of carbonyl (C=O) groups is 2. The molecule has 4 nitrogen and oxygen atoms in total. The van der Waals surface area contributed by atoms with Gasteiger partial charge in [0.2, 0.25) is 0 Å². The second kappa shape index (κ2) is 6.09. The van der Waals surface area contributed by atoms with E-state index in [9.17, 15) is 18.4 Å². The van der Waals surface area contributed by atoms with Gasteiger partial charge in [0.15, 0.2) is 0 Å². The lowest BCUT2D eigenvalue weighted by Gasteiger charge is -2.12. The highest BCUT2D eigenvalue weighted by atomic mass is 19.1. The van der Waals surface area contributed by atoms with Gasteiger partial charge in [0.1, 0.15) is 17.2 Å². The van der Waals surface area contributed by atoms with E-state index < -0.39 is 29.1 Å². The number of hydrogen-bond donors (Lipinski definition) is 2. The predicted molar refractivity (Wildman–Crippen MR) is 62.1 cm³/mol. The van der Waals surface area contributed by atoms with Gasteiger partial charge in [0.25, 0.3) is 5.91 Å². The van der Waals surface area contributed by atoms with Crippen LogP contribution in [0.15, 0.2) is 18.2 Å². The summed E-state index contributed by atoms with van der Waals surface area (Å²) < 4.78 is 26.5. The first-order valence-corrected chi connectivity index (χ1v) is 5.51. The lowest BCUT2D eigenvalue weighted by molar-refractivity contribution is 0.0955. The summed E-state index contributed by atoms with van der Waals surface area (Å²) in [6.45, 7) is 3.59. The van der Waals surface area contributed by atoms with E-state index in [-0.39, 0.29) is 6.04 Å². The standard InChI is InChI=1S/C12H14F2N2O2/c1-3-7(2)15-12(18)16-11(17)10-8(13)5-4-6-9(10)14/h4-7H,3H2,1-2H3,(H2,15,16,17,18)/t7-/m0/s1. The predicted octanol–water partition coefficient (Wildman–Crippen LogP) is 2.20.